The summed E-state index contributed by atoms with van der Waals surface area (Å²) in [4.78, 5) is 17.1. The molecule has 1 saturated carbocycles. The third-order valence-electron chi connectivity index (χ3n) is 6.35. The van der Waals surface area contributed by atoms with Crippen molar-refractivity contribution in [2.24, 2.45) is 0 Å². The normalized spacial score (nSPS) is 15.5. The molecule has 1 aromatic heterocycles. The van der Waals surface area contributed by atoms with Gasteiger partial charge in [-0.15, -0.1) is 0 Å². The highest BCUT2D eigenvalue weighted by atomic mass is 31.1. The van der Waals surface area contributed by atoms with Crippen molar-refractivity contribution in [1.29, 1.82) is 0 Å². The van der Waals surface area contributed by atoms with Gasteiger partial charge in [0.25, 0.3) is 0 Å². The Morgan fingerprint density at radius 2 is 1.86 bits per heavy atom. The number of terminal acetylenes is 1. The predicted octanol–water partition coefficient (Wildman–Crippen LogP) is 5.79. The van der Waals surface area contributed by atoms with E-state index in [1.54, 1.807) is 18.2 Å². The minimum atomic E-state index is -2.91. The first-order chi connectivity index (χ1) is 17.3. The average Bonchev–Trinajstić information content (AvgIpc) is 3.71. The van der Waals surface area contributed by atoms with Gasteiger partial charge in [-0.25, -0.2) is 4.39 Å². The van der Waals surface area contributed by atoms with Gasteiger partial charge in [0.05, 0.1) is 23.9 Å². The van der Waals surface area contributed by atoms with Gasteiger partial charge >= 0.3 is 5.97 Å². The van der Waals surface area contributed by atoms with Gasteiger partial charge in [0, 0.05) is 24.3 Å². The minimum absolute atomic E-state index is 0.0984. The van der Waals surface area contributed by atoms with Crippen LogP contribution in [0.2, 0.25) is 0 Å². The van der Waals surface area contributed by atoms with Gasteiger partial charge in [-0.05, 0) is 54.2 Å². The lowest BCUT2D eigenvalue weighted by molar-refractivity contribution is -0.139. The first-order valence-electron chi connectivity index (χ1n) is 11.6. The molecule has 3 unspecified atom stereocenters. The highest BCUT2D eigenvalue weighted by Crippen LogP contribution is 2.54. The molecule has 1 fully saturated rings. The van der Waals surface area contributed by atoms with Gasteiger partial charge in [-0.3, -0.25) is 14.3 Å². The van der Waals surface area contributed by atoms with E-state index in [9.17, 15) is 18.9 Å². The number of esters is 1. The van der Waals surface area contributed by atoms with Crippen LogP contribution < -0.4 is 0 Å². The molecule has 3 atom stereocenters. The fraction of sp³-hybridized carbons (Fsp3) is 0.286. The number of carbonyl (C=O) groups excluding carboxylic acids is 1. The van der Waals surface area contributed by atoms with Crippen LogP contribution in [-0.4, -0.2) is 29.3 Å². The summed E-state index contributed by atoms with van der Waals surface area (Å²) in [5.74, 6) is -1.11. The van der Waals surface area contributed by atoms with Crippen LogP contribution in [0.4, 0.5) is 4.39 Å². The van der Waals surface area contributed by atoms with Gasteiger partial charge in [-0.2, -0.15) is 0 Å². The van der Waals surface area contributed by atoms with Crippen LogP contribution in [0.3, 0.4) is 0 Å². The summed E-state index contributed by atoms with van der Waals surface area (Å²) < 4.78 is 37.0. The van der Waals surface area contributed by atoms with Crippen molar-refractivity contribution >= 4 is 14.0 Å². The number of aliphatic hydroxyl groups is 1. The van der Waals surface area contributed by atoms with Gasteiger partial charge in [0.2, 0.25) is 8.03 Å². The van der Waals surface area contributed by atoms with Crippen molar-refractivity contribution in [1.82, 2.24) is 4.98 Å². The maximum atomic E-state index is 13.9. The fourth-order valence-corrected chi connectivity index (χ4v) is 5.77. The molecular weight excluding hydrogens is 480 g/mol. The van der Waals surface area contributed by atoms with Crippen molar-refractivity contribution in [2.45, 2.75) is 43.9 Å². The van der Waals surface area contributed by atoms with Crippen LogP contribution in [0.15, 0.2) is 54.6 Å². The lowest BCUT2D eigenvalue weighted by Crippen LogP contribution is -2.23. The molecular formula is C28H27FNO5P. The zero-order valence-electron chi connectivity index (χ0n) is 20.0. The summed E-state index contributed by atoms with van der Waals surface area (Å²) in [7, 11) is -1.61. The number of halogens is 1. The van der Waals surface area contributed by atoms with Crippen molar-refractivity contribution in [3.8, 4) is 34.9 Å². The summed E-state index contributed by atoms with van der Waals surface area (Å²) in [6, 6.07) is 15.7. The van der Waals surface area contributed by atoms with E-state index in [0.717, 1.165) is 29.7 Å². The van der Waals surface area contributed by atoms with Crippen LogP contribution in [0.25, 0.3) is 22.4 Å². The lowest BCUT2D eigenvalue weighted by Gasteiger charge is -2.28. The van der Waals surface area contributed by atoms with Gasteiger partial charge < -0.3 is 14.4 Å². The van der Waals surface area contributed by atoms with E-state index in [1.807, 2.05) is 37.3 Å². The molecule has 1 heterocycles. The zero-order chi connectivity index (χ0) is 25.8. The number of benzene rings is 2. The van der Waals surface area contributed by atoms with Gasteiger partial charge in [0.15, 0.2) is 0 Å². The van der Waals surface area contributed by atoms with E-state index >= 15 is 0 Å². The number of aliphatic hydroxyl groups excluding tert-OH is 1. The molecule has 1 N–H and O–H groups in total. The number of carbonyl (C=O) groups is 1. The summed E-state index contributed by atoms with van der Waals surface area (Å²) >= 11 is 0. The first-order valence-corrected chi connectivity index (χ1v) is 13.0. The Morgan fingerprint density at radius 1 is 1.19 bits per heavy atom. The Labute approximate surface area is 210 Å². The van der Waals surface area contributed by atoms with E-state index in [0.29, 0.717) is 22.4 Å². The topological polar surface area (TPSA) is 85.7 Å². The average molecular weight is 507 g/mol. The largest absolute Gasteiger partial charge is 0.391 e. The monoisotopic (exact) mass is 507 g/mol. The second kappa shape index (κ2) is 11.2. The molecule has 186 valence electrons. The molecule has 1 aliphatic rings. The van der Waals surface area contributed by atoms with E-state index in [4.69, 9.17) is 15.9 Å². The summed E-state index contributed by atoms with van der Waals surface area (Å²) in [6.07, 6.45) is 6.76. The highest BCUT2D eigenvalue weighted by molar-refractivity contribution is 7.39. The lowest BCUT2D eigenvalue weighted by atomic mass is 9.87. The molecule has 36 heavy (non-hydrogen) atoms. The van der Waals surface area contributed by atoms with Crippen LogP contribution in [0, 0.1) is 25.3 Å². The Bertz CT molecular complexity index is 1320. The standard InChI is InChI=1S/C28H27FNO5P/c1-4-35-23(32)16-22(31)28(36(33)34-3)25-24(18-12-14-21(29)15-13-18)17(2)26(19-8-6-5-7-9-19)30-27(25)20-10-11-20/h1,5-9,12-15,20,22,28,31,36H,10-11,16H2,2-3H3. The number of pyridine rings is 1. The van der Waals surface area contributed by atoms with Crippen LogP contribution >= 0.6 is 8.03 Å². The molecule has 0 amide bonds. The molecule has 0 spiro atoms. The Kier molecular flexibility index (Phi) is 8.01. The van der Waals surface area contributed by atoms with Crippen LogP contribution in [0.1, 0.15) is 47.7 Å². The van der Waals surface area contributed by atoms with Gasteiger partial charge in [0.1, 0.15) is 11.9 Å². The second-order valence-corrected chi connectivity index (χ2v) is 10.4. The second-order valence-electron chi connectivity index (χ2n) is 8.77. The maximum absolute atomic E-state index is 13.9. The molecule has 6 nitrogen and oxygen atoms in total. The third kappa shape index (κ3) is 5.42. The molecule has 3 aromatic rings. The molecule has 0 bridgehead atoms. The van der Waals surface area contributed by atoms with E-state index in [2.05, 4.69) is 4.74 Å². The summed E-state index contributed by atoms with van der Waals surface area (Å²) in [5, 5.41) is 11.2. The number of hydrogen-bond acceptors (Lipinski definition) is 6. The van der Waals surface area contributed by atoms with Crippen molar-refractivity contribution in [2.75, 3.05) is 7.11 Å². The first kappa shape index (κ1) is 25.8. The maximum Gasteiger partial charge on any atom is 0.322 e. The number of hydrogen-bond donors (Lipinski definition) is 1. The quantitative estimate of drug-likeness (QED) is 0.224. The minimum Gasteiger partial charge on any atom is -0.391 e. The third-order valence-corrected chi connectivity index (χ3v) is 7.94. The molecule has 2 aromatic carbocycles. The summed E-state index contributed by atoms with van der Waals surface area (Å²) in [5.41, 5.74) is 3.99. The predicted molar refractivity (Wildman–Crippen MR) is 136 cm³/mol. The number of ether oxygens (including phenoxy) is 1. The number of nitrogens with zero attached hydrogens (tertiary/aromatic N) is 1. The molecule has 8 heteroatoms. The number of rotatable bonds is 9. The highest BCUT2D eigenvalue weighted by Gasteiger charge is 2.39. The Morgan fingerprint density at radius 3 is 2.44 bits per heavy atom. The molecule has 1 aliphatic carbocycles. The fourth-order valence-electron chi connectivity index (χ4n) is 4.55. The molecule has 0 aliphatic heterocycles. The molecule has 0 saturated heterocycles. The van der Waals surface area contributed by atoms with E-state index in [1.165, 1.54) is 19.2 Å². The van der Waals surface area contributed by atoms with Crippen molar-refractivity contribution in [3.63, 3.8) is 0 Å². The Hall–Kier alpha value is -3.30. The van der Waals surface area contributed by atoms with Crippen molar-refractivity contribution < 1.29 is 28.1 Å². The van der Waals surface area contributed by atoms with Crippen LogP contribution in [-0.2, 0) is 18.6 Å². The molecule has 4 rings (SSSR count). The molecule has 0 radical (unpaired) electrons. The summed E-state index contributed by atoms with van der Waals surface area (Å²) in [6.45, 7) is 1.90. The SMILES string of the molecule is C#COC(=O)CC(O)C(c1c(C2CC2)nc(-c2ccccc2)c(C)c1-c1ccc(F)cc1)[PH](=O)OC. The zero-order valence-corrected chi connectivity index (χ0v) is 21.0. The Balaban J connectivity index is 2.01. The van der Waals surface area contributed by atoms with Gasteiger partial charge in [-0.1, -0.05) is 48.9 Å². The van der Waals surface area contributed by atoms with Crippen molar-refractivity contribution in [3.05, 3.63) is 77.2 Å². The smallest absolute Gasteiger partial charge is 0.322 e. The van der Waals surface area contributed by atoms with E-state index < -0.39 is 38.0 Å². The van der Waals surface area contributed by atoms with Crippen LogP contribution in [0.5, 0.6) is 0 Å². The van der Waals surface area contributed by atoms with E-state index in [-0.39, 0.29) is 5.92 Å². The number of aromatic nitrogens is 1.